The van der Waals surface area contributed by atoms with Gasteiger partial charge in [0.1, 0.15) is 22.4 Å². The Morgan fingerprint density at radius 1 is 1.25 bits per heavy atom. The van der Waals surface area contributed by atoms with Gasteiger partial charge in [-0.1, -0.05) is 18.6 Å². The Labute approximate surface area is 147 Å². The summed E-state index contributed by atoms with van der Waals surface area (Å²) in [5, 5.41) is 21.2. The van der Waals surface area contributed by atoms with E-state index in [9.17, 15) is 13.5 Å². The van der Waals surface area contributed by atoms with Crippen molar-refractivity contribution in [1.29, 1.82) is 5.26 Å². The van der Waals surface area contributed by atoms with Crippen LogP contribution in [0.4, 0.5) is 5.69 Å². The fourth-order valence-electron chi connectivity index (χ4n) is 2.45. The Bertz CT molecular complexity index is 783. The standard InChI is InChI=1S/C16H19N3O3S2/c1-12(20)15(11-17)16(23)18-13-5-7-14(8-6-13)24(21,22)19-9-3-2-4-10-19/h5-8,20H,2-4,9-10H2,1H3,(H,18,23). The number of nitriles is 1. The molecule has 1 heterocycles. The van der Waals surface area contributed by atoms with Crippen LogP contribution in [-0.2, 0) is 10.0 Å². The van der Waals surface area contributed by atoms with Crippen molar-refractivity contribution in [2.24, 2.45) is 0 Å². The van der Waals surface area contributed by atoms with Gasteiger partial charge in [0.2, 0.25) is 10.0 Å². The van der Waals surface area contributed by atoms with E-state index >= 15 is 0 Å². The molecule has 0 saturated carbocycles. The fourth-order valence-corrected chi connectivity index (χ4v) is 4.28. The van der Waals surface area contributed by atoms with Gasteiger partial charge in [-0.25, -0.2) is 8.42 Å². The van der Waals surface area contributed by atoms with Crippen molar-refractivity contribution in [3.8, 4) is 6.07 Å². The molecule has 1 saturated heterocycles. The average Bonchev–Trinajstić information content (AvgIpc) is 2.56. The molecule has 0 aromatic heterocycles. The van der Waals surface area contributed by atoms with Gasteiger partial charge < -0.3 is 10.4 Å². The molecule has 128 valence electrons. The van der Waals surface area contributed by atoms with Crippen LogP contribution in [0.3, 0.4) is 0 Å². The first-order chi connectivity index (χ1) is 11.4. The van der Waals surface area contributed by atoms with Crippen LogP contribution >= 0.6 is 12.2 Å². The minimum absolute atomic E-state index is 0.0185. The minimum atomic E-state index is -3.47. The number of benzene rings is 1. The average molecular weight is 365 g/mol. The van der Waals surface area contributed by atoms with Crippen molar-refractivity contribution < 1.29 is 13.5 Å². The number of hydrogen-bond acceptors (Lipinski definition) is 5. The van der Waals surface area contributed by atoms with Gasteiger partial charge >= 0.3 is 0 Å². The molecule has 0 amide bonds. The molecular weight excluding hydrogens is 346 g/mol. The van der Waals surface area contributed by atoms with Gasteiger partial charge in [0.15, 0.2) is 0 Å². The maximum Gasteiger partial charge on any atom is 0.243 e. The monoisotopic (exact) mass is 365 g/mol. The number of thiocarbonyl (C=S) groups is 1. The summed E-state index contributed by atoms with van der Waals surface area (Å²) < 4.78 is 26.6. The van der Waals surface area contributed by atoms with Gasteiger partial charge in [-0.15, -0.1) is 0 Å². The Balaban J connectivity index is 2.15. The summed E-state index contributed by atoms with van der Waals surface area (Å²) in [6.45, 7) is 2.48. The molecule has 0 spiro atoms. The number of aliphatic hydroxyl groups excluding tert-OH is 1. The normalized spacial score (nSPS) is 16.8. The number of nitrogens with zero attached hydrogens (tertiary/aromatic N) is 2. The van der Waals surface area contributed by atoms with Crippen molar-refractivity contribution in [3.05, 3.63) is 35.6 Å². The lowest BCUT2D eigenvalue weighted by atomic mass is 10.2. The number of rotatable bonds is 4. The summed E-state index contributed by atoms with van der Waals surface area (Å²) in [6, 6.07) is 8.02. The van der Waals surface area contributed by atoms with Crippen LogP contribution in [0, 0.1) is 11.3 Å². The second-order valence-electron chi connectivity index (χ2n) is 5.52. The molecule has 0 radical (unpaired) electrons. The van der Waals surface area contributed by atoms with E-state index in [0.717, 1.165) is 19.3 Å². The number of sulfonamides is 1. The molecular formula is C16H19N3O3S2. The van der Waals surface area contributed by atoms with Gasteiger partial charge in [-0.05, 0) is 44.0 Å². The van der Waals surface area contributed by atoms with Crippen molar-refractivity contribution in [1.82, 2.24) is 4.31 Å². The van der Waals surface area contributed by atoms with Crippen LogP contribution in [0.2, 0.25) is 0 Å². The Morgan fingerprint density at radius 2 is 1.83 bits per heavy atom. The SMILES string of the molecule is CC(O)=C(C#N)C(=S)Nc1ccc(S(=O)(=O)N2CCCCC2)cc1. The van der Waals surface area contributed by atoms with Gasteiger partial charge in [0.05, 0.1) is 4.90 Å². The highest BCUT2D eigenvalue weighted by Crippen LogP contribution is 2.22. The second-order valence-corrected chi connectivity index (χ2v) is 7.86. The first-order valence-corrected chi connectivity index (χ1v) is 9.42. The molecule has 8 heteroatoms. The van der Waals surface area contributed by atoms with Crippen LogP contribution in [-0.4, -0.2) is 35.9 Å². The zero-order valence-corrected chi connectivity index (χ0v) is 15.0. The van der Waals surface area contributed by atoms with Crippen LogP contribution in [0.1, 0.15) is 26.2 Å². The highest BCUT2D eigenvalue weighted by Gasteiger charge is 2.25. The van der Waals surface area contributed by atoms with E-state index in [1.807, 2.05) is 6.07 Å². The lowest BCUT2D eigenvalue weighted by Gasteiger charge is -2.25. The molecule has 0 aliphatic carbocycles. The predicted octanol–water partition coefficient (Wildman–Crippen LogP) is 2.96. The van der Waals surface area contributed by atoms with Gasteiger partial charge in [-0.3, -0.25) is 0 Å². The van der Waals surface area contributed by atoms with Crippen LogP contribution in [0.25, 0.3) is 0 Å². The number of allylic oxidation sites excluding steroid dienone is 1. The Hall–Kier alpha value is -1.95. The summed E-state index contributed by atoms with van der Waals surface area (Å²) >= 11 is 5.06. The smallest absolute Gasteiger partial charge is 0.243 e. The van der Waals surface area contributed by atoms with Gasteiger partial charge in [0.25, 0.3) is 0 Å². The highest BCUT2D eigenvalue weighted by molar-refractivity contribution is 7.89. The molecule has 24 heavy (non-hydrogen) atoms. The van der Waals surface area contributed by atoms with Crippen molar-refractivity contribution in [2.75, 3.05) is 18.4 Å². The zero-order valence-electron chi connectivity index (χ0n) is 13.3. The van der Waals surface area contributed by atoms with E-state index in [-0.39, 0.29) is 21.2 Å². The number of hydrogen-bond donors (Lipinski definition) is 2. The van der Waals surface area contributed by atoms with E-state index in [0.29, 0.717) is 18.8 Å². The maximum atomic E-state index is 12.6. The molecule has 2 rings (SSSR count). The quantitative estimate of drug-likeness (QED) is 0.369. The number of nitrogens with one attached hydrogen (secondary N) is 1. The number of aliphatic hydroxyl groups is 1. The summed E-state index contributed by atoms with van der Waals surface area (Å²) in [4.78, 5) is 0.319. The van der Waals surface area contributed by atoms with E-state index in [2.05, 4.69) is 5.32 Å². The molecule has 1 aliphatic rings. The molecule has 1 aromatic rings. The van der Waals surface area contributed by atoms with Gasteiger partial charge in [0, 0.05) is 18.8 Å². The third-order valence-corrected chi connectivity index (χ3v) is 5.98. The predicted molar refractivity (Wildman–Crippen MR) is 96.2 cm³/mol. The lowest BCUT2D eigenvalue weighted by molar-refractivity contribution is 0.346. The molecule has 0 bridgehead atoms. The van der Waals surface area contributed by atoms with Crippen LogP contribution in [0.5, 0.6) is 0 Å². The molecule has 1 fully saturated rings. The topological polar surface area (TPSA) is 93.4 Å². The third kappa shape index (κ3) is 4.12. The summed E-state index contributed by atoms with van der Waals surface area (Å²) in [5.74, 6) is -0.167. The molecule has 2 N–H and O–H groups in total. The van der Waals surface area contributed by atoms with Crippen LogP contribution < -0.4 is 5.32 Å². The Morgan fingerprint density at radius 3 is 2.33 bits per heavy atom. The minimum Gasteiger partial charge on any atom is -0.511 e. The summed E-state index contributed by atoms with van der Waals surface area (Å²) in [7, 11) is -3.47. The van der Waals surface area contributed by atoms with E-state index in [1.54, 1.807) is 12.1 Å². The van der Waals surface area contributed by atoms with E-state index in [4.69, 9.17) is 17.5 Å². The van der Waals surface area contributed by atoms with Crippen LogP contribution in [0.15, 0.2) is 40.5 Å². The summed E-state index contributed by atoms with van der Waals surface area (Å²) in [5.41, 5.74) is 0.529. The first-order valence-electron chi connectivity index (χ1n) is 7.58. The second kappa shape index (κ2) is 7.75. The molecule has 0 unspecified atom stereocenters. The van der Waals surface area contributed by atoms with Gasteiger partial charge in [-0.2, -0.15) is 9.57 Å². The lowest BCUT2D eigenvalue weighted by Crippen LogP contribution is -2.35. The van der Waals surface area contributed by atoms with E-state index in [1.165, 1.54) is 23.4 Å². The fraction of sp³-hybridized carbons (Fsp3) is 0.375. The first kappa shape index (κ1) is 18.4. The number of anilines is 1. The van der Waals surface area contributed by atoms with Crippen molar-refractivity contribution in [2.45, 2.75) is 31.1 Å². The maximum absolute atomic E-state index is 12.6. The third-order valence-electron chi connectivity index (χ3n) is 3.77. The summed E-state index contributed by atoms with van der Waals surface area (Å²) in [6.07, 6.45) is 2.83. The number of piperidine rings is 1. The molecule has 1 aromatic carbocycles. The van der Waals surface area contributed by atoms with Crippen molar-refractivity contribution >= 4 is 32.9 Å². The Kier molecular flexibility index (Phi) is 5.94. The highest BCUT2D eigenvalue weighted by atomic mass is 32.2. The van der Waals surface area contributed by atoms with E-state index < -0.39 is 10.0 Å². The molecule has 6 nitrogen and oxygen atoms in total. The van der Waals surface area contributed by atoms with Crippen molar-refractivity contribution in [3.63, 3.8) is 0 Å². The molecule has 1 aliphatic heterocycles. The molecule has 0 atom stereocenters. The largest absolute Gasteiger partial charge is 0.511 e. The zero-order chi connectivity index (χ0) is 17.7.